The number of nitrogens with two attached hydrogens (primary N) is 1. The predicted molar refractivity (Wildman–Crippen MR) is 75.9 cm³/mol. The van der Waals surface area contributed by atoms with E-state index in [-0.39, 0.29) is 12.5 Å². The molecule has 0 saturated carbocycles. The molecular weight excluding hydrogens is 242 g/mol. The maximum Gasteiger partial charge on any atom is 0.238 e. The summed E-state index contributed by atoms with van der Waals surface area (Å²) in [7, 11) is 0. The molecule has 4 N–H and O–H groups in total. The number of nitrogens with zero attached hydrogens (tertiary/aromatic N) is 1. The zero-order valence-electron chi connectivity index (χ0n) is 11.2. The third-order valence-corrected chi connectivity index (χ3v) is 3.56. The summed E-state index contributed by atoms with van der Waals surface area (Å²) in [5.74, 6) is 0.268. The molecule has 0 bridgehead atoms. The van der Waals surface area contributed by atoms with Crippen LogP contribution in [0.5, 0.6) is 0 Å². The highest BCUT2D eigenvalue weighted by atomic mass is 16.3. The molecule has 1 saturated heterocycles. The fourth-order valence-electron chi connectivity index (χ4n) is 2.33. The van der Waals surface area contributed by atoms with Crippen molar-refractivity contribution in [3.8, 4) is 0 Å². The fourth-order valence-corrected chi connectivity index (χ4v) is 2.33. The molecule has 0 spiro atoms. The molecule has 1 aliphatic rings. The first-order valence-corrected chi connectivity index (χ1v) is 6.57. The summed E-state index contributed by atoms with van der Waals surface area (Å²) < 4.78 is 0. The van der Waals surface area contributed by atoms with Crippen LogP contribution in [-0.2, 0) is 4.79 Å². The molecule has 1 fully saturated rings. The van der Waals surface area contributed by atoms with Crippen LogP contribution in [0.3, 0.4) is 0 Å². The van der Waals surface area contributed by atoms with E-state index in [2.05, 4.69) is 10.2 Å². The first kappa shape index (κ1) is 13.8. The van der Waals surface area contributed by atoms with Gasteiger partial charge in [-0.2, -0.15) is 0 Å². The number of aliphatic hydroxyl groups is 1. The van der Waals surface area contributed by atoms with E-state index < -0.39 is 0 Å². The van der Waals surface area contributed by atoms with E-state index in [1.807, 2.05) is 19.1 Å². The highest BCUT2D eigenvalue weighted by Gasteiger charge is 2.23. The molecule has 1 atom stereocenters. The van der Waals surface area contributed by atoms with Crippen molar-refractivity contribution in [2.24, 2.45) is 5.92 Å². The van der Waals surface area contributed by atoms with Crippen molar-refractivity contribution in [1.29, 1.82) is 0 Å². The summed E-state index contributed by atoms with van der Waals surface area (Å²) in [5, 5.41) is 11.9. The van der Waals surface area contributed by atoms with E-state index >= 15 is 0 Å². The molecule has 0 aliphatic carbocycles. The van der Waals surface area contributed by atoms with Gasteiger partial charge in [0, 0.05) is 24.5 Å². The summed E-state index contributed by atoms with van der Waals surface area (Å²) in [5.41, 5.74) is 8.22. The molecule has 1 aliphatic heterocycles. The maximum absolute atomic E-state index is 11.9. The van der Waals surface area contributed by atoms with Crippen LogP contribution in [0.4, 0.5) is 11.4 Å². The van der Waals surface area contributed by atoms with E-state index in [0.717, 1.165) is 30.8 Å². The van der Waals surface area contributed by atoms with Crippen LogP contribution in [0.2, 0.25) is 0 Å². The Morgan fingerprint density at radius 2 is 2.37 bits per heavy atom. The number of hydrogen-bond acceptors (Lipinski definition) is 4. The lowest BCUT2D eigenvalue weighted by atomic mass is 10.1. The first-order valence-electron chi connectivity index (χ1n) is 6.57. The van der Waals surface area contributed by atoms with Gasteiger partial charge in [0.2, 0.25) is 5.91 Å². The van der Waals surface area contributed by atoms with E-state index in [1.54, 1.807) is 6.07 Å². The van der Waals surface area contributed by atoms with Gasteiger partial charge in [-0.3, -0.25) is 9.69 Å². The number of nitrogens with one attached hydrogen (secondary N) is 1. The smallest absolute Gasteiger partial charge is 0.238 e. The van der Waals surface area contributed by atoms with Crippen LogP contribution in [0.15, 0.2) is 18.2 Å². The van der Waals surface area contributed by atoms with E-state index in [9.17, 15) is 4.79 Å². The monoisotopic (exact) mass is 263 g/mol. The maximum atomic E-state index is 11.9. The van der Waals surface area contributed by atoms with Gasteiger partial charge in [-0.05, 0) is 43.5 Å². The SMILES string of the molecule is Cc1ccc(NC(=O)CN2CCC(CO)C2)cc1N. The largest absolute Gasteiger partial charge is 0.398 e. The van der Waals surface area contributed by atoms with Crippen LogP contribution in [0.1, 0.15) is 12.0 Å². The number of aliphatic hydroxyl groups excluding tert-OH is 1. The number of carbonyl (C=O) groups excluding carboxylic acids is 1. The summed E-state index contributed by atoms with van der Waals surface area (Å²) in [6, 6.07) is 5.51. The third-order valence-electron chi connectivity index (χ3n) is 3.56. The molecule has 19 heavy (non-hydrogen) atoms. The Morgan fingerprint density at radius 3 is 3.00 bits per heavy atom. The van der Waals surface area contributed by atoms with Gasteiger partial charge >= 0.3 is 0 Å². The van der Waals surface area contributed by atoms with Crippen molar-refractivity contribution >= 4 is 17.3 Å². The Hall–Kier alpha value is -1.59. The quantitative estimate of drug-likeness (QED) is 0.703. The number of hydrogen-bond donors (Lipinski definition) is 3. The average molecular weight is 263 g/mol. The Balaban J connectivity index is 1.86. The highest BCUT2D eigenvalue weighted by Crippen LogP contribution is 2.18. The van der Waals surface area contributed by atoms with Gasteiger partial charge in [0.15, 0.2) is 0 Å². The van der Waals surface area contributed by atoms with E-state index in [1.165, 1.54) is 0 Å². The summed E-state index contributed by atoms with van der Waals surface area (Å²) in [4.78, 5) is 14.0. The lowest BCUT2D eigenvalue weighted by molar-refractivity contribution is -0.117. The minimum absolute atomic E-state index is 0.0400. The Kier molecular flexibility index (Phi) is 4.39. The highest BCUT2D eigenvalue weighted by molar-refractivity contribution is 5.92. The normalized spacial score (nSPS) is 19.6. The number of carbonyl (C=O) groups is 1. The van der Waals surface area contributed by atoms with Crippen molar-refractivity contribution < 1.29 is 9.90 Å². The predicted octanol–water partition coefficient (Wildman–Crippen LogP) is 0.830. The van der Waals surface area contributed by atoms with Gasteiger partial charge in [-0.25, -0.2) is 0 Å². The number of rotatable bonds is 4. The number of amides is 1. The van der Waals surface area contributed by atoms with E-state index in [4.69, 9.17) is 10.8 Å². The lowest BCUT2D eigenvalue weighted by Crippen LogP contribution is -2.31. The van der Waals surface area contributed by atoms with Crippen LogP contribution < -0.4 is 11.1 Å². The van der Waals surface area contributed by atoms with Crippen molar-refractivity contribution in [3.05, 3.63) is 23.8 Å². The van der Waals surface area contributed by atoms with Gasteiger partial charge in [0.05, 0.1) is 6.54 Å². The number of nitrogen functional groups attached to an aromatic ring is 1. The van der Waals surface area contributed by atoms with E-state index in [0.29, 0.717) is 18.2 Å². The first-order chi connectivity index (χ1) is 9.08. The Morgan fingerprint density at radius 1 is 1.58 bits per heavy atom. The summed E-state index contributed by atoms with van der Waals surface area (Å²) in [6.45, 7) is 4.16. The molecule has 0 radical (unpaired) electrons. The minimum atomic E-state index is -0.0400. The Labute approximate surface area is 113 Å². The van der Waals surface area contributed by atoms with Crippen molar-refractivity contribution in [1.82, 2.24) is 4.90 Å². The number of anilines is 2. The summed E-state index contributed by atoms with van der Waals surface area (Å²) in [6.07, 6.45) is 0.960. The molecule has 1 unspecified atom stereocenters. The molecule has 1 aromatic rings. The van der Waals surface area contributed by atoms with Gasteiger partial charge in [-0.15, -0.1) is 0 Å². The molecule has 104 valence electrons. The Bertz CT molecular complexity index is 462. The molecule has 1 amide bonds. The lowest BCUT2D eigenvalue weighted by Gasteiger charge is -2.15. The second-order valence-corrected chi connectivity index (χ2v) is 5.19. The van der Waals surface area contributed by atoms with Crippen molar-refractivity contribution in [2.45, 2.75) is 13.3 Å². The van der Waals surface area contributed by atoms with Gasteiger partial charge in [-0.1, -0.05) is 6.07 Å². The second kappa shape index (κ2) is 6.04. The fraction of sp³-hybridized carbons (Fsp3) is 0.500. The van der Waals surface area contributed by atoms with Crippen molar-refractivity contribution in [2.75, 3.05) is 37.3 Å². The second-order valence-electron chi connectivity index (χ2n) is 5.19. The molecule has 5 nitrogen and oxygen atoms in total. The molecule has 0 aromatic heterocycles. The topological polar surface area (TPSA) is 78.6 Å². The van der Waals surface area contributed by atoms with Crippen LogP contribution in [-0.4, -0.2) is 42.2 Å². The van der Waals surface area contributed by atoms with Gasteiger partial charge in [0.25, 0.3) is 0 Å². The average Bonchev–Trinajstić information content (AvgIpc) is 2.81. The van der Waals surface area contributed by atoms with Crippen LogP contribution in [0.25, 0.3) is 0 Å². The van der Waals surface area contributed by atoms with Gasteiger partial charge < -0.3 is 16.2 Å². The zero-order chi connectivity index (χ0) is 13.8. The molecule has 1 aromatic carbocycles. The minimum Gasteiger partial charge on any atom is -0.398 e. The zero-order valence-corrected chi connectivity index (χ0v) is 11.2. The van der Waals surface area contributed by atoms with Crippen molar-refractivity contribution in [3.63, 3.8) is 0 Å². The number of benzene rings is 1. The summed E-state index contributed by atoms with van der Waals surface area (Å²) >= 11 is 0. The molecule has 1 heterocycles. The number of aryl methyl sites for hydroxylation is 1. The third kappa shape index (κ3) is 3.68. The molecule has 2 rings (SSSR count). The number of likely N-dealkylation sites (tertiary alicyclic amines) is 1. The van der Waals surface area contributed by atoms with Crippen LogP contribution >= 0.6 is 0 Å². The van der Waals surface area contributed by atoms with Gasteiger partial charge in [0.1, 0.15) is 0 Å². The standard InChI is InChI=1S/C14H21N3O2/c1-10-2-3-12(6-13(10)15)16-14(19)8-17-5-4-11(7-17)9-18/h2-3,6,11,18H,4-5,7-9,15H2,1H3,(H,16,19). The molecule has 5 heteroatoms. The molecular formula is C14H21N3O2. The van der Waals surface area contributed by atoms with Crippen LogP contribution in [0, 0.1) is 12.8 Å².